The third kappa shape index (κ3) is 3.30. The van der Waals surface area contributed by atoms with Gasteiger partial charge in [-0.25, -0.2) is 12.8 Å². The van der Waals surface area contributed by atoms with Crippen LogP contribution in [0.4, 0.5) is 10.1 Å². The first kappa shape index (κ1) is 16.6. The van der Waals surface area contributed by atoms with Crippen LogP contribution in [0.3, 0.4) is 0 Å². The van der Waals surface area contributed by atoms with Gasteiger partial charge >= 0.3 is 0 Å². The summed E-state index contributed by atoms with van der Waals surface area (Å²) in [6.07, 6.45) is 0. The van der Waals surface area contributed by atoms with Gasteiger partial charge in [0.2, 0.25) is 0 Å². The van der Waals surface area contributed by atoms with E-state index in [0.717, 1.165) is 10.9 Å². The summed E-state index contributed by atoms with van der Waals surface area (Å²) in [4.78, 5) is 6.65. The normalized spacial score (nSPS) is 24.2. The molecule has 1 saturated heterocycles. The second-order valence-corrected chi connectivity index (χ2v) is 9.31. The molecule has 1 fully saturated rings. The van der Waals surface area contributed by atoms with Gasteiger partial charge in [-0.2, -0.15) is 0 Å². The van der Waals surface area contributed by atoms with Crippen molar-refractivity contribution in [3.05, 3.63) is 66.0 Å². The molecule has 2 aliphatic rings. The Morgan fingerprint density at radius 3 is 2.56 bits per heavy atom. The number of fused-ring (bicyclic) bond motifs is 1. The number of amidine groups is 1. The van der Waals surface area contributed by atoms with E-state index in [0.29, 0.717) is 11.3 Å². The van der Waals surface area contributed by atoms with Crippen LogP contribution >= 0.6 is 11.8 Å². The first-order valence-corrected chi connectivity index (χ1v) is 10.8. The number of aliphatic imine (C=N–C) groups is 1. The molecule has 25 heavy (non-hydrogen) atoms. The van der Waals surface area contributed by atoms with Gasteiger partial charge < -0.3 is 4.90 Å². The third-order valence-corrected chi connectivity index (χ3v) is 7.17. The Kier molecular flexibility index (Phi) is 4.29. The van der Waals surface area contributed by atoms with Crippen LogP contribution in [0.15, 0.2) is 59.6 Å². The van der Waals surface area contributed by atoms with Crippen LogP contribution in [0.5, 0.6) is 0 Å². The van der Waals surface area contributed by atoms with Crippen LogP contribution in [0, 0.1) is 5.82 Å². The van der Waals surface area contributed by atoms with Gasteiger partial charge in [-0.3, -0.25) is 4.99 Å². The molecule has 2 aliphatic heterocycles. The molecule has 0 amide bonds. The van der Waals surface area contributed by atoms with Crippen molar-refractivity contribution >= 4 is 32.5 Å². The smallest absolute Gasteiger partial charge is 0.164 e. The van der Waals surface area contributed by atoms with Crippen molar-refractivity contribution in [2.45, 2.75) is 17.8 Å². The predicted octanol–water partition coefficient (Wildman–Crippen LogP) is 3.10. The summed E-state index contributed by atoms with van der Waals surface area (Å²) in [6, 6.07) is 15.9. The molecule has 2 aromatic carbocycles. The summed E-state index contributed by atoms with van der Waals surface area (Å²) < 4.78 is 37.9. The number of nitrogens with zero attached hydrogens (tertiary/aromatic N) is 2. The van der Waals surface area contributed by atoms with Crippen LogP contribution in [0.25, 0.3) is 0 Å². The fraction of sp³-hybridized carbons (Fsp3) is 0.278. The minimum atomic E-state index is -3.06. The lowest BCUT2D eigenvalue weighted by atomic mass is 10.1. The lowest BCUT2D eigenvalue weighted by Gasteiger charge is -2.26. The van der Waals surface area contributed by atoms with Gasteiger partial charge in [0.25, 0.3) is 0 Å². The standard InChI is InChI=1S/C18H17FN2O2S2/c19-15-9-5-4-6-13(15)10-24-18-20-16-11-25(22,23)12-17(16)21(18)14-7-2-1-3-8-14/h1-9,16-17H,10-12H2/t16-,17-/m1/s1. The third-order valence-electron chi connectivity index (χ3n) is 4.46. The summed E-state index contributed by atoms with van der Waals surface area (Å²) in [5.74, 6) is 0.425. The maximum Gasteiger partial charge on any atom is 0.164 e. The molecule has 0 unspecified atom stereocenters. The van der Waals surface area contributed by atoms with Gasteiger partial charge in [0.15, 0.2) is 15.0 Å². The summed E-state index contributed by atoms with van der Waals surface area (Å²) in [6.45, 7) is 0. The summed E-state index contributed by atoms with van der Waals surface area (Å²) in [5.41, 5.74) is 1.54. The van der Waals surface area contributed by atoms with E-state index >= 15 is 0 Å². The number of rotatable bonds is 3. The number of halogens is 1. The summed E-state index contributed by atoms with van der Waals surface area (Å²) in [5, 5.41) is 0.763. The van der Waals surface area contributed by atoms with E-state index in [1.165, 1.54) is 17.8 Å². The number of thioether (sulfide) groups is 1. The van der Waals surface area contributed by atoms with E-state index in [-0.39, 0.29) is 29.4 Å². The van der Waals surface area contributed by atoms with Crippen molar-refractivity contribution in [2.24, 2.45) is 4.99 Å². The lowest BCUT2D eigenvalue weighted by molar-refractivity contribution is 0.601. The molecule has 0 N–H and O–H groups in total. The minimum absolute atomic E-state index is 0.0881. The van der Waals surface area contributed by atoms with Crippen LogP contribution in [-0.2, 0) is 15.6 Å². The first-order chi connectivity index (χ1) is 12.0. The molecule has 0 aliphatic carbocycles. The van der Waals surface area contributed by atoms with Crippen molar-refractivity contribution in [2.75, 3.05) is 16.4 Å². The van der Waals surface area contributed by atoms with Crippen LogP contribution < -0.4 is 4.90 Å². The maximum absolute atomic E-state index is 13.9. The van der Waals surface area contributed by atoms with Gasteiger partial charge in [-0.05, 0) is 23.8 Å². The highest BCUT2D eigenvalue weighted by atomic mass is 32.2. The van der Waals surface area contributed by atoms with Crippen LogP contribution in [-0.4, -0.2) is 37.2 Å². The topological polar surface area (TPSA) is 49.7 Å². The molecule has 0 spiro atoms. The van der Waals surface area contributed by atoms with Crippen molar-refractivity contribution in [1.29, 1.82) is 0 Å². The molecule has 2 atom stereocenters. The highest BCUT2D eigenvalue weighted by Crippen LogP contribution is 2.35. The molecule has 4 rings (SSSR count). The molecule has 130 valence electrons. The Morgan fingerprint density at radius 1 is 1.08 bits per heavy atom. The Morgan fingerprint density at radius 2 is 1.80 bits per heavy atom. The van der Waals surface area contributed by atoms with Crippen LogP contribution in [0.1, 0.15) is 5.56 Å². The SMILES string of the molecule is O=S1(=O)C[C@@H]2[C@@H](C1)N=C(SCc1ccccc1F)N2c1ccccc1. The van der Waals surface area contributed by atoms with Gasteiger partial charge in [0, 0.05) is 11.4 Å². The number of anilines is 1. The van der Waals surface area contributed by atoms with Crippen molar-refractivity contribution in [3.63, 3.8) is 0 Å². The average molecular weight is 376 g/mol. The molecule has 7 heteroatoms. The number of para-hydroxylation sites is 1. The molecule has 0 bridgehead atoms. The highest BCUT2D eigenvalue weighted by Gasteiger charge is 2.47. The fourth-order valence-electron chi connectivity index (χ4n) is 3.28. The van der Waals surface area contributed by atoms with Crippen molar-refractivity contribution in [3.8, 4) is 0 Å². The van der Waals surface area contributed by atoms with Crippen LogP contribution in [0.2, 0.25) is 0 Å². The van der Waals surface area contributed by atoms with E-state index in [9.17, 15) is 12.8 Å². The number of hydrogen-bond acceptors (Lipinski definition) is 5. The first-order valence-electron chi connectivity index (χ1n) is 8.02. The zero-order valence-electron chi connectivity index (χ0n) is 13.4. The summed E-state index contributed by atoms with van der Waals surface area (Å²) >= 11 is 1.45. The Bertz CT molecular complexity index is 916. The number of benzene rings is 2. The van der Waals surface area contributed by atoms with E-state index in [4.69, 9.17) is 0 Å². The van der Waals surface area contributed by atoms with Gasteiger partial charge in [-0.1, -0.05) is 48.2 Å². The highest BCUT2D eigenvalue weighted by molar-refractivity contribution is 8.13. The zero-order valence-corrected chi connectivity index (χ0v) is 15.0. The molecule has 2 heterocycles. The van der Waals surface area contributed by atoms with Gasteiger partial charge in [0.05, 0.1) is 23.6 Å². The van der Waals surface area contributed by atoms with Crippen molar-refractivity contribution < 1.29 is 12.8 Å². The van der Waals surface area contributed by atoms with Crippen molar-refractivity contribution in [1.82, 2.24) is 0 Å². The van der Waals surface area contributed by atoms with E-state index in [2.05, 4.69) is 4.99 Å². The monoisotopic (exact) mass is 376 g/mol. The predicted molar refractivity (Wildman–Crippen MR) is 100 cm³/mol. The van der Waals surface area contributed by atoms with E-state index in [1.807, 2.05) is 41.3 Å². The molecular weight excluding hydrogens is 359 g/mol. The fourth-order valence-corrected chi connectivity index (χ4v) is 6.23. The average Bonchev–Trinajstić information content (AvgIpc) is 3.06. The molecule has 0 aromatic heterocycles. The Labute approximate surface area is 150 Å². The molecule has 4 nitrogen and oxygen atoms in total. The second-order valence-electron chi connectivity index (χ2n) is 6.21. The van der Waals surface area contributed by atoms with E-state index < -0.39 is 9.84 Å². The molecule has 2 aromatic rings. The van der Waals surface area contributed by atoms with Gasteiger partial charge in [-0.15, -0.1) is 0 Å². The lowest BCUT2D eigenvalue weighted by Crippen LogP contribution is -2.39. The second kappa shape index (κ2) is 6.46. The Balaban J connectivity index is 1.62. The quantitative estimate of drug-likeness (QED) is 0.826. The number of hydrogen-bond donors (Lipinski definition) is 0. The Hall–Kier alpha value is -1.86. The number of sulfone groups is 1. The minimum Gasteiger partial charge on any atom is -0.315 e. The molecular formula is C18H17FN2O2S2. The molecule has 0 radical (unpaired) electrons. The summed E-state index contributed by atoms with van der Waals surface area (Å²) in [7, 11) is -3.06. The maximum atomic E-state index is 13.9. The molecule has 0 saturated carbocycles. The van der Waals surface area contributed by atoms with Gasteiger partial charge in [0.1, 0.15) is 5.82 Å². The largest absolute Gasteiger partial charge is 0.315 e. The van der Waals surface area contributed by atoms with E-state index in [1.54, 1.807) is 12.1 Å². The zero-order chi connectivity index (χ0) is 17.4.